The maximum Gasteiger partial charge on any atom is 0.223 e. The number of pyridine rings is 1. The number of aryl methyl sites for hydroxylation is 1. The zero-order valence-electron chi connectivity index (χ0n) is 14.1. The Morgan fingerprint density at radius 2 is 2.29 bits per heavy atom. The lowest BCUT2D eigenvalue weighted by molar-refractivity contribution is -0.130. The van der Waals surface area contributed by atoms with Gasteiger partial charge in [-0.15, -0.1) is 0 Å². The molecule has 0 saturated carbocycles. The highest BCUT2D eigenvalue weighted by molar-refractivity contribution is 5.76. The molecule has 0 radical (unpaired) electrons. The first-order valence-corrected chi connectivity index (χ1v) is 8.22. The molecule has 24 heavy (non-hydrogen) atoms. The van der Waals surface area contributed by atoms with Gasteiger partial charge < -0.3 is 19.0 Å². The van der Waals surface area contributed by atoms with E-state index in [9.17, 15) is 4.79 Å². The van der Waals surface area contributed by atoms with Crippen molar-refractivity contribution < 1.29 is 13.9 Å². The third-order valence-electron chi connectivity index (χ3n) is 4.13. The smallest absolute Gasteiger partial charge is 0.223 e. The van der Waals surface area contributed by atoms with E-state index >= 15 is 0 Å². The molecule has 6 heteroatoms. The Bertz CT molecular complexity index is 670. The summed E-state index contributed by atoms with van der Waals surface area (Å²) in [6.07, 6.45) is 5.35. The molecule has 3 heterocycles. The van der Waals surface area contributed by atoms with Gasteiger partial charge in [-0.1, -0.05) is 0 Å². The summed E-state index contributed by atoms with van der Waals surface area (Å²) in [5, 5.41) is 0. The molecule has 0 aliphatic carbocycles. The standard InChI is InChI=1S/C18H23N3O3/c1-20(2)18-16(6-3-10-19-18)24-15-9-11-21(13-15)17(22)8-7-14-5-4-12-23-14/h3-6,10,12,15H,7-9,11,13H2,1-2H3. The number of aromatic nitrogens is 1. The molecule has 2 aromatic rings. The van der Waals surface area contributed by atoms with E-state index in [1.165, 1.54) is 0 Å². The van der Waals surface area contributed by atoms with Crippen LogP contribution in [-0.4, -0.2) is 49.1 Å². The number of rotatable bonds is 6. The van der Waals surface area contributed by atoms with E-state index in [4.69, 9.17) is 9.15 Å². The zero-order valence-corrected chi connectivity index (χ0v) is 14.1. The van der Waals surface area contributed by atoms with Gasteiger partial charge in [-0.25, -0.2) is 4.98 Å². The van der Waals surface area contributed by atoms with E-state index in [0.717, 1.165) is 30.3 Å². The Morgan fingerprint density at radius 1 is 1.42 bits per heavy atom. The number of nitrogens with zero attached hydrogens (tertiary/aromatic N) is 3. The average Bonchev–Trinajstić information content (AvgIpc) is 3.24. The Kier molecular flexibility index (Phi) is 5.03. The largest absolute Gasteiger partial charge is 0.485 e. The van der Waals surface area contributed by atoms with Gasteiger partial charge in [0, 0.05) is 46.1 Å². The molecule has 2 aromatic heterocycles. The van der Waals surface area contributed by atoms with Crippen molar-refractivity contribution in [3.8, 4) is 5.75 Å². The molecule has 3 rings (SSSR count). The van der Waals surface area contributed by atoms with Crippen LogP contribution in [0.3, 0.4) is 0 Å². The highest BCUT2D eigenvalue weighted by Gasteiger charge is 2.28. The molecule has 128 valence electrons. The highest BCUT2D eigenvalue weighted by Crippen LogP contribution is 2.26. The number of hydrogen-bond acceptors (Lipinski definition) is 5. The van der Waals surface area contributed by atoms with Gasteiger partial charge in [-0.05, 0) is 24.3 Å². The van der Waals surface area contributed by atoms with Crippen LogP contribution in [-0.2, 0) is 11.2 Å². The minimum absolute atomic E-state index is 0.0143. The van der Waals surface area contributed by atoms with E-state index < -0.39 is 0 Å². The zero-order chi connectivity index (χ0) is 16.9. The molecule has 1 fully saturated rings. The summed E-state index contributed by atoms with van der Waals surface area (Å²) in [4.78, 5) is 20.5. The SMILES string of the molecule is CN(C)c1ncccc1OC1CCN(C(=O)CCc2ccco2)C1. The van der Waals surface area contributed by atoms with Crippen LogP contribution in [0, 0.1) is 0 Å². The van der Waals surface area contributed by atoms with Crippen LogP contribution in [0.2, 0.25) is 0 Å². The normalized spacial score (nSPS) is 17.1. The van der Waals surface area contributed by atoms with E-state index in [2.05, 4.69) is 4.98 Å². The first-order chi connectivity index (χ1) is 11.6. The van der Waals surface area contributed by atoms with Crippen LogP contribution in [0.25, 0.3) is 0 Å². The second-order valence-electron chi connectivity index (χ2n) is 6.17. The maximum absolute atomic E-state index is 12.3. The number of carbonyl (C=O) groups excluding carboxylic acids is 1. The Balaban J connectivity index is 1.53. The molecule has 6 nitrogen and oxygen atoms in total. The van der Waals surface area contributed by atoms with Crippen molar-refractivity contribution in [2.24, 2.45) is 0 Å². The molecule has 0 aromatic carbocycles. The third kappa shape index (κ3) is 3.88. The summed E-state index contributed by atoms with van der Waals surface area (Å²) in [6, 6.07) is 7.53. The van der Waals surface area contributed by atoms with Crippen LogP contribution in [0.15, 0.2) is 41.1 Å². The number of carbonyl (C=O) groups is 1. The lowest BCUT2D eigenvalue weighted by Gasteiger charge is -2.20. The van der Waals surface area contributed by atoms with Gasteiger partial charge >= 0.3 is 0 Å². The number of amides is 1. The van der Waals surface area contributed by atoms with Gasteiger partial charge in [0.25, 0.3) is 0 Å². The lowest BCUT2D eigenvalue weighted by Crippen LogP contribution is -2.31. The molecule has 1 aliphatic heterocycles. The molecule has 1 saturated heterocycles. The fourth-order valence-electron chi connectivity index (χ4n) is 2.88. The van der Waals surface area contributed by atoms with Crippen molar-refractivity contribution >= 4 is 11.7 Å². The predicted molar refractivity (Wildman–Crippen MR) is 91.2 cm³/mol. The van der Waals surface area contributed by atoms with Gasteiger partial charge in [0.1, 0.15) is 11.9 Å². The number of ether oxygens (including phenoxy) is 1. The number of anilines is 1. The first-order valence-electron chi connectivity index (χ1n) is 8.22. The molecule has 1 amide bonds. The molecule has 0 bridgehead atoms. The van der Waals surface area contributed by atoms with Crippen molar-refractivity contribution in [2.75, 3.05) is 32.1 Å². The van der Waals surface area contributed by atoms with E-state index in [0.29, 0.717) is 19.4 Å². The molecular formula is C18H23N3O3. The second-order valence-corrected chi connectivity index (χ2v) is 6.17. The van der Waals surface area contributed by atoms with Crippen molar-refractivity contribution in [1.82, 2.24) is 9.88 Å². The monoisotopic (exact) mass is 329 g/mol. The van der Waals surface area contributed by atoms with Crippen LogP contribution >= 0.6 is 0 Å². The summed E-state index contributed by atoms with van der Waals surface area (Å²) in [5.74, 6) is 2.57. The van der Waals surface area contributed by atoms with Gasteiger partial charge in [0.2, 0.25) is 5.91 Å². The molecule has 0 N–H and O–H groups in total. The van der Waals surface area contributed by atoms with Crippen molar-refractivity contribution in [3.05, 3.63) is 42.5 Å². The average molecular weight is 329 g/mol. The van der Waals surface area contributed by atoms with E-state index in [-0.39, 0.29) is 12.0 Å². The van der Waals surface area contributed by atoms with Crippen LogP contribution in [0.1, 0.15) is 18.6 Å². The van der Waals surface area contributed by atoms with Crippen LogP contribution < -0.4 is 9.64 Å². The molecule has 1 aliphatic rings. The summed E-state index contributed by atoms with van der Waals surface area (Å²) in [7, 11) is 3.88. The van der Waals surface area contributed by atoms with Crippen molar-refractivity contribution in [2.45, 2.75) is 25.4 Å². The topological polar surface area (TPSA) is 58.8 Å². The number of likely N-dealkylation sites (tertiary alicyclic amines) is 1. The summed E-state index contributed by atoms with van der Waals surface area (Å²) in [6.45, 7) is 1.36. The second kappa shape index (κ2) is 7.38. The van der Waals surface area contributed by atoms with Gasteiger partial charge in [0.05, 0.1) is 12.8 Å². The molecule has 0 spiro atoms. The lowest BCUT2D eigenvalue weighted by atomic mass is 10.2. The number of hydrogen-bond donors (Lipinski definition) is 0. The quantitative estimate of drug-likeness (QED) is 0.814. The summed E-state index contributed by atoms with van der Waals surface area (Å²) < 4.78 is 11.4. The fourth-order valence-corrected chi connectivity index (χ4v) is 2.88. The maximum atomic E-state index is 12.3. The fraction of sp³-hybridized carbons (Fsp3) is 0.444. The Morgan fingerprint density at radius 3 is 3.04 bits per heavy atom. The van der Waals surface area contributed by atoms with Gasteiger partial charge in [-0.3, -0.25) is 4.79 Å². The minimum atomic E-state index is 0.0143. The van der Waals surface area contributed by atoms with Crippen LogP contribution in [0.4, 0.5) is 5.82 Å². The highest BCUT2D eigenvalue weighted by atomic mass is 16.5. The predicted octanol–water partition coefficient (Wildman–Crippen LogP) is 2.35. The minimum Gasteiger partial charge on any atom is -0.485 e. The first kappa shape index (κ1) is 16.4. The summed E-state index contributed by atoms with van der Waals surface area (Å²) >= 11 is 0. The Labute approximate surface area is 142 Å². The molecule has 1 atom stereocenters. The molecule has 1 unspecified atom stereocenters. The van der Waals surface area contributed by atoms with Gasteiger partial charge in [-0.2, -0.15) is 0 Å². The Hall–Kier alpha value is -2.50. The van der Waals surface area contributed by atoms with Crippen molar-refractivity contribution in [3.63, 3.8) is 0 Å². The van der Waals surface area contributed by atoms with E-state index in [1.807, 2.05) is 48.2 Å². The summed E-state index contributed by atoms with van der Waals surface area (Å²) in [5.41, 5.74) is 0. The molecular weight excluding hydrogens is 306 g/mol. The van der Waals surface area contributed by atoms with Crippen LogP contribution in [0.5, 0.6) is 5.75 Å². The van der Waals surface area contributed by atoms with Gasteiger partial charge in [0.15, 0.2) is 11.6 Å². The number of furan rings is 1. The van der Waals surface area contributed by atoms with Crippen molar-refractivity contribution in [1.29, 1.82) is 0 Å². The third-order valence-corrected chi connectivity index (χ3v) is 4.13. The van der Waals surface area contributed by atoms with E-state index in [1.54, 1.807) is 12.5 Å².